The van der Waals surface area contributed by atoms with Crippen molar-refractivity contribution in [1.82, 2.24) is 14.4 Å². The van der Waals surface area contributed by atoms with Crippen LogP contribution in [0, 0.1) is 6.92 Å². The van der Waals surface area contributed by atoms with Gasteiger partial charge in [-0.1, -0.05) is 23.7 Å². The second-order valence-corrected chi connectivity index (χ2v) is 9.04. The zero-order valence-electron chi connectivity index (χ0n) is 16.2. The molecule has 0 N–H and O–H groups in total. The number of nitrogens with zero attached hydrogens (tertiary/aromatic N) is 3. The van der Waals surface area contributed by atoms with Gasteiger partial charge in [-0.05, 0) is 61.7 Å². The van der Waals surface area contributed by atoms with Gasteiger partial charge in [-0.2, -0.15) is 9.29 Å². The number of aryl methyl sites for hydroxylation is 1. The van der Waals surface area contributed by atoms with Crippen molar-refractivity contribution in [2.75, 3.05) is 13.1 Å². The van der Waals surface area contributed by atoms with Gasteiger partial charge in [0, 0.05) is 18.7 Å². The molecule has 3 aromatic rings. The molecule has 2 aromatic carbocycles. The third kappa shape index (κ3) is 4.49. The largest absolute Gasteiger partial charge is 0.484 e. The number of benzene rings is 2. The third-order valence-corrected chi connectivity index (χ3v) is 6.80. The third-order valence-electron chi connectivity index (χ3n) is 4.89. The molecule has 0 aliphatic carbocycles. The molecule has 29 heavy (non-hydrogen) atoms. The van der Waals surface area contributed by atoms with Gasteiger partial charge in [0.15, 0.2) is 6.61 Å². The summed E-state index contributed by atoms with van der Waals surface area (Å²) in [6.07, 6.45) is 2.90. The fourth-order valence-corrected chi connectivity index (χ4v) is 4.83. The molecule has 1 saturated heterocycles. The minimum atomic E-state index is -3.45. The number of rotatable bonds is 6. The Labute approximate surface area is 170 Å². The van der Waals surface area contributed by atoms with Gasteiger partial charge < -0.3 is 9.26 Å². The Morgan fingerprint density at radius 1 is 1.07 bits per heavy atom. The van der Waals surface area contributed by atoms with Crippen molar-refractivity contribution < 1.29 is 17.7 Å². The van der Waals surface area contributed by atoms with E-state index in [0.717, 1.165) is 30.6 Å². The predicted molar refractivity (Wildman–Crippen MR) is 108 cm³/mol. The van der Waals surface area contributed by atoms with Crippen molar-refractivity contribution in [3.63, 3.8) is 0 Å². The summed E-state index contributed by atoms with van der Waals surface area (Å²) in [5, 5.41) is 3.97. The number of sulfonamides is 1. The lowest BCUT2D eigenvalue weighted by molar-refractivity contribution is 0.243. The molecule has 152 valence electrons. The van der Waals surface area contributed by atoms with Crippen LogP contribution in [0.1, 0.15) is 30.7 Å². The molecule has 0 bridgehead atoms. The first-order valence-corrected chi connectivity index (χ1v) is 11.1. The Hall–Kier alpha value is -2.71. The molecule has 1 aromatic heterocycles. The van der Waals surface area contributed by atoms with E-state index in [1.54, 1.807) is 28.6 Å². The number of ether oxygens (including phenoxy) is 1. The van der Waals surface area contributed by atoms with E-state index in [2.05, 4.69) is 10.1 Å². The number of hydrogen-bond acceptors (Lipinski definition) is 6. The highest BCUT2D eigenvalue weighted by Gasteiger charge is 2.25. The maximum absolute atomic E-state index is 12.7. The topological polar surface area (TPSA) is 85.5 Å². The molecule has 1 fully saturated rings. The maximum Gasteiger partial charge on any atom is 0.264 e. The lowest BCUT2D eigenvalue weighted by atomic mass is 10.2. The molecule has 0 saturated carbocycles. The van der Waals surface area contributed by atoms with Crippen molar-refractivity contribution >= 4 is 10.0 Å². The van der Waals surface area contributed by atoms with E-state index in [9.17, 15) is 8.42 Å². The van der Waals surface area contributed by atoms with Crippen LogP contribution in [0.2, 0.25) is 0 Å². The van der Waals surface area contributed by atoms with E-state index in [1.165, 1.54) is 0 Å². The second-order valence-electron chi connectivity index (χ2n) is 7.11. The van der Waals surface area contributed by atoms with Crippen LogP contribution in [0.5, 0.6) is 5.75 Å². The molecule has 1 aliphatic rings. The van der Waals surface area contributed by atoms with Gasteiger partial charge in [0.05, 0.1) is 4.90 Å². The van der Waals surface area contributed by atoms with E-state index in [0.29, 0.717) is 30.4 Å². The molecule has 2 heterocycles. The summed E-state index contributed by atoms with van der Waals surface area (Å²) >= 11 is 0. The van der Waals surface area contributed by atoms with Crippen LogP contribution in [0.3, 0.4) is 0 Å². The van der Waals surface area contributed by atoms with Gasteiger partial charge >= 0.3 is 0 Å². The first kappa shape index (κ1) is 19.6. The van der Waals surface area contributed by atoms with Crippen LogP contribution in [0.25, 0.3) is 11.4 Å². The lowest BCUT2D eigenvalue weighted by Crippen LogP contribution is -2.35. The fourth-order valence-electron chi connectivity index (χ4n) is 3.31. The summed E-state index contributed by atoms with van der Waals surface area (Å²) in [6.45, 7) is 3.32. The summed E-state index contributed by atoms with van der Waals surface area (Å²) in [5.74, 6) is 1.48. The van der Waals surface area contributed by atoms with Gasteiger partial charge in [-0.3, -0.25) is 0 Å². The molecule has 0 atom stereocenters. The summed E-state index contributed by atoms with van der Waals surface area (Å²) in [4.78, 5) is 4.62. The van der Waals surface area contributed by atoms with E-state index < -0.39 is 10.0 Å². The summed E-state index contributed by atoms with van der Waals surface area (Å²) in [5.41, 5.74) is 1.79. The highest BCUT2D eigenvalue weighted by Crippen LogP contribution is 2.24. The molecule has 1 aliphatic heterocycles. The molecule has 0 radical (unpaired) electrons. The molecule has 8 heteroatoms. The van der Waals surface area contributed by atoms with Gasteiger partial charge in [-0.25, -0.2) is 8.42 Å². The zero-order chi connectivity index (χ0) is 20.3. The minimum Gasteiger partial charge on any atom is -0.484 e. The SMILES string of the molecule is Cc1cccc(OCc2nc(-c3ccc(S(=O)(=O)N4CCCCC4)cc3)no2)c1. The van der Waals surface area contributed by atoms with Crippen molar-refractivity contribution in [3.05, 3.63) is 60.0 Å². The van der Waals surface area contributed by atoms with Gasteiger partial charge in [0.25, 0.3) is 5.89 Å². The van der Waals surface area contributed by atoms with E-state index in [-0.39, 0.29) is 11.5 Å². The smallest absolute Gasteiger partial charge is 0.264 e. The molecule has 7 nitrogen and oxygen atoms in total. The number of piperidine rings is 1. The van der Waals surface area contributed by atoms with Crippen molar-refractivity contribution in [2.45, 2.75) is 37.7 Å². The van der Waals surface area contributed by atoms with E-state index >= 15 is 0 Å². The average Bonchev–Trinajstić information content (AvgIpc) is 3.22. The Balaban J connectivity index is 1.44. The highest BCUT2D eigenvalue weighted by molar-refractivity contribution is 7.89. The summed E-state index contributed by atoms with van der Waals surface area (Å²) < 4.78 is 38.0. The summed E-state index contributed by atoms with van der Waals surface area (Å²) in [7, 11) is -3.45. The quantitative estimate of drug-likeness (QED) is 0.611. The standard InChI is InChI=1S/C21H23N3O4S/c1-16-6-5-7-18(14-16)27-15-20-22-21(23-28-20)17-8-10-19(11-9-17)29(25,26)24-12-3-2-4-13-24/h5-11,14H,2-4,12-13,15H2,1H3. The number of hydrogen-bond donors (Lipinski definition) is 0. The van der Waals surface area contributed by atoms with Gasteiger partial charge in [-0.15, -0.1) is 0 Å². The minimum absolute atomic E-state index is 0.165. The Kier molecular flexibility index (Phi) is 5.64. The highest BCUT2D eigenvalue weighted by atomic mass is 32.2. The van der Waals surface area contributed by atoms with Crippen molar-refractivity contribution in [1.29, 1.82) is 0 Å². The predicted octanol–water partition coefficient (Wildman–Crippen LogP) is 3.80. The van der Waals surface area contributed by atoms with Crippen LogP contribution in [-0.4, -0.2) is 36.0 Å². The lowest BCUT2D eigenvalue weighted by Gasteiger charge is -2.25. The van der Waals surface area contributed by atoms with E-state index in [4.69, 9.17) is 9.26 Å². The molecule has 0 unspecified atom stereocenters. The van der Waals surface area contributed by atoms with Crippen LogP contribution < -0.4 is 4.74 Å². The number of aromatic nitrogens is 2. The average molecular weight is 413 g/mol. The second kappa shape index (κ2) is 8.34. The fraction of sp³-hybridized carbons (Fsp3) is 0.333. The van der Waals surface area contributed by atoms with Crippen LogP contribution in [-0.2, 0) is 16.6 Å². The molecular formula is C21H23N3O4S. The Morgan fingerprint density at radius 2 is 1.83 bits per heavy atom. The summed E-state index contributed by atoms with van der Waals surface area (Å²) in [6, 6.07) is 14.3. The molecule has 0 spiro atoms. The molecular weight excluding hydrogens is 390 g/mol. The monoisotopic (exact) mass is 413 g/mol. The first-order valence-electron chi connectivity index (χ1n) is 9.65. The Morgan fingerprint density at radius 3 is 2.55 bits per heavy atom. The van der Waals surface area contributed by atoms with Gasteiger partial charge in [0.2, 0.25) is 15.8 Å². The van der Waals surface area contributed by atoms with Crippen LogP contribution >= 0.6 is 0 Å². The van der Waals surface area contributed by atoms with Gasteiger partial charge in [0.1, 0.15) is 5.75 Å². The van der Waals surface area contributed by atoms with Crippen LogP contribution in [0.4, 0.5) is 0 Å². The molecule has 0 amide bonds. The normalized spacial score (nSPS) is 15.3. The zero-order valence-corrected chi connectivity index (χ0v) is 17.1. The molecule has 4 rings (SSSR count). The van der Waals surface area contributed by atoms with E-state index in [1.807, 2.05) is 31.2 Å². The van der Waals surface area contributed by atoms with Crippen molar-refractivity contribution in [2.24, 2.45) is 0 Å². The first-order chi connectivity index (χ1) is 14.0. The van der Waals surface area contributed by atoms with Crippen LogP contribution in [0.15, 0.2) is 57.9 Å². The van der Waals surface area contributed by atoms with Crippen molar-refractivity contribution in [3.8, 4) is 17.1 Å². The maximum atomic E-state index is 12.7. The Bertz CT molecular complexity index is 1070.